The lowest BCUT2D eigenvalue weighted by Gasteiger charge is -2.41. The number of hydrogen-bond donors (Lipinski definition) is 3. The Morgan fingerprint density at radius 2 is 1.67 bits per heavy atom. The minimum atomic E-state index is -1.01. The van der Waals surface area contributed by atoms with Gasteiger partial charge in [-0.15, -0.1) is 0 Å². The first-order chi connectivity index (χ1) is 18.9. The van der Waals surface area contributed by atoms with Crippen molar-refractivity contribution < 1.29 is 29.3 Å². The second-order valence-corrected chi connectivity index (χ2v) is 9.77. The highest BCUT2D eigenvalue weighted by atomic mass is 16.7. The van der Waals surface area contributed by atoms with Crippen LogP contribution in [0.5, 0.6) is 0 Å². The molecule has 5 rings (SSSR count). The molecule has 1 aliphatic rings. The molecule has 0 aliphatic carbocycles. The number of para-hydroxylation sites is 2. The van der Waals surface area contributed by atoms with E-state index in [0.29, 0.717) is 12.2 Å². The third-order valence-electron chi connectivity index (χ3n) is 7.06. The molecule has 0 saturated carbocycles. The summed E-state index contributed by atoms with van der Waals surface area (Å²) in [6.45, 7) is 2.67. The van der Waals surface area contributed by atoms with E-state index < -0.39 is 12.3 Å². The average molecular weight is 530 g/mol. The molecule has 2 heterocycles. The summed E-state index contributed by atoms with van der Waals surface area (Å²) in [5.41, 5.74) is 5.14. The maximum absolute atomic E-state index is 12.0. The van der Waals surface area contributed by atoms with E-state index in [1.807, 2.05) is 67.0 Å². The minimum Gasteiger partial charge on any atom is -0.481 e. The molecule has 1 aliphatic heterocycles. The van der Waals surface area contributed by atoms with Gasteiger partial charge in [-0.3, -0.25) is 9.59 Å². The zero-order chi connectivity index (χ0) is 27.4. The molecule has 9 nitrogen and oxygen atoms in total. The van der Waals surface area contributed by atoms with Gasteiger partial charge in [0.05, 0.1) is 49.1 Å². The van der Waals surface area contributed by atoms with Crippen molar-refractivity contribution in [3.63, 3.8) is 0 Å². The normalized spacial score (nSPS) is 21.1. The topological polar surface area (TPSA) is 123 Å². The van der Waals surface area contributed by atoms with Crippen molar-refractivity contribution in [2.24, 2.45) is 5.92 Å². The molecule has 39 heavy (non-hydrogen) atoms. The second-order valence-electron chi connectivity index (χ2n) is 9.77. The lowest BCUT2D eigenvalue weighted by atomic mass is 9.90. The van der Waals surface area contributed by atoms with Gasteiger partial charge in [0.25, 0.3) is 0 Å². The number of rotatable bonds is 9. The van der Waals surface area contributed by atoms with Crippen LogP contribution >= 0.6 is 0 Å². The molecule has 4 aromatic rings. The van der Waals surface area contributed by atoms with Crippen LogP contribution in [0.2, 0.25) is 0 Å². The molecule has 0 radical (unpaired) electrons. The number of aromatic nitrogens is 2. The molecule has 0 bridgehead atoms. The molecule has 0 unspecified atom stereocenters. The number of carboxylic acid groups (broad SMARTS) is 1. The maximum Gasteiger partial charge on any atom is 0.303 e. The van der Waals surface area contributed by atoms with E-state index in [1.54, 1.807) is 12.1 Å². The van der Waals surface area contributed by atoms with E-state index in [4.69, 9.17) is 14.6 Å². The summed E-state index contributed by atoms with van der Waals surface area (Å²) in [5.74, 6) is -1.36. The number of imidazole rings is 1. The van der Waals surface area contributed by atoms with Gasteiger partial charge in [-0.2, -0.15) is 0 Å². The van der Waals surface area contributed by atoms with E-state index in [0.717, 1.165) is 27.7 Å². The number of fused-ring (bicyclic) bond motifs is 1. The molecule has 202 valence electrons. The highest BCUT2D eigenvalue weighted by molar-refractivity contribution is 5.92. The van der Waals surface area contributed by atoms with Gasteiger partial charge >= 0.3 is 5.97 Å². The number of carbonyl (C=O) groups excluding carboxylic acids is 1. The van der Waals surface area contributed by atoms with E-state index in [1.165, 1.54) is 0 Å². The van der Waals surface area contributed by atoms with Gasteiger partial charge in [0.15, 0.2) is 6.29 Å². The van der Waals surface area contributed by atoms with Crippen LogP contribution in [0.4, 0.5) is 5.69 Å². The van der Waals surface area contributed by atoms with E-state index in [-0.39, 0.29) is 43.5 Å². The molecular weight excluding hydrogens is 498 g/mol. The number of aliphatic carboxylic acids is 1. The number of benzene rings is 3. The summed E-state index contributed by atoms with van der Waals surface area (Å²) in [4.78, 5) is 27.3. The zero-order valence-electron chi connectivity index (χ0n) is 21.6. The monoisotopic (exact) mass is 529 g/mol. The van der Waals surface area contributed by atoms with Crippen molar-refractivity contribution in [1.29, 1.82) is 0 Å². The Hall–Kier alpha value is -4.05. The number of carboxylic acids is 1. The summed E-state index contributed by atoms with van der Waals surface area (Å²) >= 11 is 0. The Bertz CT molecular complexity index is 1430. The number of aliphatic hydroxyl groups excluding tert-OH is 1. The number of hydrogen-bond acceptors (Lipinski definition) is 6. The Morgan fingerprint density at radius 1 is 0.949 bits per heavy atom. The lowest BCUT2D eigenvalue weighted by Crippen LogP contribution is -2.39. The summed E-state index contributed by atoms with van der Waals surface area (Å²) in [6, 6.07) is 22.9. The molecule has 1 fully saturated rings. The van der Waals surface area contributed by atoms with Crippen LogP contribution in [0.1, 0.15) is 48.8 Å². The van der Waals surface area contributed by atoms with Gasteiger partial charge in [-0.25, -0.2) is 4.98 Å². The molecule has 3 N–H and O–H groups in total. The number of aliphatic hydroxyl groups is 1. The fourth-order valence-electron chi connectivity index (χ4n) is 4.85. The van der Waals surface area contributed by atoms with Crippen LogP contribution in [0.15, 0.2) is 79.1 Å². The van der Waals surface area contributed by atoms with Gasteiger partial charge in [0.2, 0.25) is 5.91 Å². The number of carbonyl (C=O) groups is 2. The van der Waals surface area contributed by atoms with Crippen LogP contribution < -0.4 is 5.32 Å². The Labute approximate surface area is 226 Å². The largest absolute Gasteiger partial charge is 0.481 e. The Morgan fingerprint density at radius 3 is 2.38 bits per heavy atom. The van der Waals surface area contributed by atoms with Gasteiger partial charge in [-0.1, -0.05) is 55.5 Å². The fraction of sp³-hybridized carbons (Fsp3) is 0.300. The van der Waals surface area contributed by atoms with E-state index in [2.05, 4.69) is 21.8 Å². The fourth-order valence-corrected chi connectivity index (χ4v) is 4.85. The Balaban J connectivity index is 1.38. The number of ether oxygens (including phenoxy) is 2. The summed E-state index contributed by atoms with van der Waals surface area (Å²) in [6.07, 6.45) is 0.412. The predicted octanol–water partition coefficient (Wildman–Crippen LogP) is 4.82. The molecule has 9 heteroatoms. The van der Waals surface area contributed by atoms with Gasteiger partial charge in [0.1, 0.15) is 0 Å². The van der Waals surface area contributed by atoms with Crippen molar-refractivity contribution in [2.45, 2.75) is 51.4 Å². The Kier molecular flexibility index (Phi) is 8.02. The first-order valence-electron chi connectivity index (χ1n) is 12.9. The number of nitrogens with zero attached hydrogens (tertiary/aromatic N) is 2. The number of amides is 1. The SMILES string of the molecule is C[C@@H]1[C@H](Cn2cnc3ccccc32)O[C@H](c2ccc(NC(=O)CCC(=O)O)cc2)O[C@@H]1c1ccc(CO)cc1. The standard InChI is InChI=1S/C30H31N3O6/c1-19-26(16-33-18-31-24-4-2-3-5-25(24)33)38-30(39-29(19)21-8-6-20(17-34)7-9-21)22-10-12-23(13-11-22)32-27(35)14-15-28(36)37/h2-13,18-19,26,29-30,34H,14-17H2,1H3,(H,32,35)(H,36,37)/t19-,26+,29+,30+/m1/s1. The summed E-state index contributed by atoms with van der Waals surface area (Å²) in [7, 11) is 0. The predicted molar refractivity (Wildman–Crippen MR) is 145 cm³/mol. The third kappa shape index (κ3) is 6.17. The molecule has 4 atom stereocenters. The zero-order valence-corrected chi connectivity index (χ0v) is 21.6. The maximum atomic E-state index is 12.0. The van der Waals surface area contributed by atoms with Crippen molar-refractivity contribution >= 4 is 28.6 Å². The third-order valence-corrected chi connectivity index (χ3v) is 7.06. The molecule has 1 saturated heterocycles. The second kappa shape index (κ2) is 11.8. The highest BCUT2D eigenvalue weighted by Gasteiger charge is 2.38. The van der Waals surface area contributed by atoms with Crippen LogP contribution in [-0.4, -0.2) is 37.7 Å². The number of nitrogens with one attached hydrogen (secondary N) is 1. The molecular formula is C30H31N3O6. The average Bonchev–Trinajstić information content (AvgIpc) is 3.36. The van der Waals surface area contributed by atoms with Crippen molar-refractivity contribution in [1.82, 2.24) is 9.55 Å². The van der Waals surface area contributed by atoms with Crippen LogP contribution in [0.25, 0.3) is 11.0 Å². The molecule has 1 amide bonds. The van der Waals surface area contributed by atoms with Crippen LogP contribution in [0.3, 0.4) is 0 Å². The van der Waals surface area contributed by atoms with Gasteiger partial charge in [0, 0.05) is 23.6 Å². The van der Waals surface area contributed by atoms with Crippen LogP contribution in [0, 0.1) is 5.92 Å². The van der Waals surface area contributed by atoms with Crippen molar-refractivity contribution in [3.05, 3.63) is 95.8 Å². The van der Waals surface area contributed by atoms with Crippen molar-refractivity contribution in [2.75, 3.05) is 5.32 Å². The lowest BCUT2D eigenvalue weighted by molar-refractivity contribution is -0.276. The van der Waals surface area contributed by atoms with E-state index >= 15 is 0 Å². The summed E-state index contributed by atoms with van der Waals surface area (Å²) < 4.78 is 15.1. The smallest absolute Gasteiger partial charge is 0.303 e. The minimum absolute atomic E-state index is 0.00943. The van der Waals surface area contributed by atoms with Gasteiger partial charge < -0.3 is 29.6 Å². The molecule has 1 aromatic heterocycles. The quantitative estimate of drug-likeness (QED) is 0.284. The van der Waals surface area contributed by atoms with Crippen LogP contribution in [-0.2, 0) is 32.2 Å². The molecule has 0 spiro atoms. The molecule has 3 aromatic carbocycles. The number of anilines is 1. The van der Waals surface area contributed by atoms with Crippen molar-refractivity contribution in [3.8, 4) is 0 Å². The summed E-state index contributed by atoms with van der Waals surface area (Å²) in [5, 5.41) is 21.0. The highest BCUT2D eigenvalue weighted by Crippen LogP contribution is 2.42. The van der Waals surface area contributed by atoms with Gasteiger partial charge in [-0.05, 0) is 35.4 Å². The first kappa shape index (κ1) is 26.6. The first-order valence-corrected chi connectivity index (χ1v) is 12.9. The van der Waals surface area contributed by atoms with E-state index in [9.17, 15) is 14.7 Å².